The van der Waals surface area contributed by atoms with Gasteiger partial charge in [-0.1, -0.05) is 12.1 Å². The second-order valence-corrected chi connectivity index (χ2v) is 4.84. The molecule has 0 spiro atoms. The number of benzene rings is 1. The van der Waals surface area contributed by atoms with E-state index in [1.54, 1.807) is 11.3 Å². The Kier molecular flexibility index (Phi) is 2.57. The molecule has 4 heteroatoms. The van der Waals surface area contributed by atoms with E-state index in [9.17, 15) is 0 Å². The maximum Gasteiger partial charge on any atom is 0.0881 e. The van der Waals surface area contributed by atoms with Crippen LogP contribution in [0.5, 0.6) is 0 Å². The van der Waals surface area contributed by atoms with Crippen LogP contribution in [0.25, 0.3) is 10.9 Å². The molecule has 3 rings (SSSR count). The first kappa shape index (κ1) is 10.4. The van der Waals surface area contributed by atoms with Crippen molar-refractivity contribution in [1.29, 1.82) is 0 Å². The maximum atomic E-state index is 4.07. The van der Waals surface area contributed by atoms with Gasteiger partial charge in [0, 0.05) is 11.4 Å². The van der Waals surface area contributed by atoms with Gasteiger partial charge in [0.15, 0.2) is 0 Å². The zero-order chi connectivity index (χ0) is 11.7. The third-order valence-electron chi connectivity index (χ3n) is 2.89. The second-order valence-electron chi connectivity index (χ2n) is 4.06. The largest absolute Gasteiger partial charge is 0.377 e. The lowest BCUT2D eigenvalue weighted by Crippen LogP contribution is -2.05. The number of anilines is 1. The van der Waals surface area contributed by atoms with E-state index >= 15 is 0 Å². The van der Waals surface area contributed by atoms with E-state index in [1.165, 1.54) is 5.56 Å². The number of H-pyrrole nitrogens is 1. The lowest BCUT2D eigenvalue weighted by molar-refractivity contribution is 0.891. The number of hydrogen-bond acceptors (Lipinski definition) is 3. The molecule has 0 aliphatic carbocycles. The minimum Gasteiger partial charge on any atom is -0.377 e. The molecule has 2 aromatic heterocycles. The van der Waals surface area contributed by atoms with E-state index in [-0.39, 0.29) is 0 Å². The molecule has 3 aromatic rings. The first-order valence-corrected chi connectivity index (χ1v) is 6.49. The van der Waals surface area contributed by atoms with Crippen LogP contribution in [-0.4, -0.2) is 10.2 Å². The fraction of sp³-hybridized carbons (Fsp3) is 0.154. The molecule has 1 atom stereocenters. The summed E-state index contributed by atoms with van der Waals surface area (Å²) in [4.78, 5) is 0. The molecule has 17 heavy (non-hydrogen) atoms. The fourth-order valence-corrected chi connectivity index (χ4v) is 2.68. The second kappa shape index (κ2) is 4.22. The summed E-state index contributed by atoms with van der Waals surface area (Å²) >= 11 is 1.72. The summed E-state index contributed by atoms with van der Waals surface area (Å²) in [6.07, 6.45) is 1.84. The number of para-hydroxylation sites is 1. The van der Waals surface area contributed by atoms with Crippen molar-refractivity contribution in [3.63, 3.8) is 0 Å². The summed E-state index contributed by atoms with van der Waals surface area (Å²) < 4.78 is 0. The molecule has 2 N–H and O–H groups in total. The van der Waals surface area contributed by atoms with E-state index in [4.69, 9.17) is 0 Å². The molecule has 3 nitrogen and oxygen atoms in total. The Labute approximate surface area is 103 Å². The van der Waals surface area contributed by atoms with Gasteiger partial charge in [-0.25, -0.2) is 0 Å². The molecule has 0 bridgehead atoms. The lowest BCUT2D eigenvalue weighted by atomic mass is 10.1. The predicted octanol–water partition coefficient (Wildman–Crippen LogP) is 3.80. The molecule has 0 aliphatic rings. The number of aromatic nitrogens is 2. The quantitative estimate of drug-likeness (QED) is 0.734. The molecule has 1 unspecified atom stereocenters. The Hall–Kier alpha value is -1.81. The Morgan fingerprint density at radius 2 is 2.29 bits per heavy atom. The summed E-state index contributed by atoms with van der Waals surface area (Å²) in [7, 11) is 0. The Bertz CT molecular complexity index is 612. The van der Waals surface area contributed by atoms with E-state index in [0.717, 1.165) is 16.6 Å². The maximum absolute atomic E-state index is 4.07. The van der Waals surface area contributed by atoms with Gasteiger partial charge in [0.05, 0.1) is 17.4 Å². The van der Waals surface area contributed by atoms with Crippen LogP contribution < -0.4 is 5.32 Å². The highest BCUT2D eigenvalue weighted by atomic mass is 32.1. The molecule has 2 heterocycles. The number of aromatic amines is 1. The van der Waals surface area contributed by atoms with Gasteiger partial charge in [0.1, 0.15) is 0 Å². The lowest BCUT2D eigenvalue weighted by Gasteiger charge is -2.14. The van der Waals surface area contributed by atoms with E-state index < -0.39 is 0 Å². The molecule has 0 fully saturated rings. The van der Waals surface area contributed by atoms with Gasteiger partial charge in [-0.3, -0.25) is 5.10 Å². The van der Waals surface area contributed by atoms with Crippen molar-refractivity contribution < 1.29 is 0 Å². The Morgan fingerprint density at radius 1 is 1.35 bits per heavy atom. The average Bonchev–Trinajstić information content (AvgIpc) is 3.00. The summed E-state index contributed by atoms with van der Waals surface area (Å²) in [6.45, 7) is 2.16. The van der Waals surface area contributed by atoms with Gasteiger partial charge in [-0.15, -0.1) is 0 Å². The van der Waals surface area contributed by atoms with Gasteiger partial charge in [-0.2, -0.15) is 16.4 Å². The molecule has 86 valence electrons. The number of rotatable bonds is 3. The molecular formula is C13H13N3S. The van der Waals surface area contributed by atoms with Crippen LogP contribution in [0.4, 0.5) is 5.69 Å². The predicted molar refractivity (Wildman–Crippen MR) is 72.5 cm³/mol. The molecule has 0 aliphatic heterocycles. The van der Waals surface area contributed by atoms with Crippen molar-refractivity contribution in [3.05, 3.63) is 46.8 Å². The minimum absolute atomic E-state index is 0.301. The summed E-state index contributed by atoms with van der Waals surface area (Å²) in [5.74, 6) is 0. The van der Waals surface area contributed by atoms with Gasteiger partial charge in [-0.05, 0) is 35.4 Å². The monoisotopic (exact) mass is 243 g/mol. The SMILES string of the molecule is CC(Nc1cccc2cn[nH]c12)c1ccsc1. The summed E-state index contributed by atoms with van der Waals surface area (Å²) in [5, 5.41) is 16.0. The van der Waals surface area contributed by atoms with Crippen molar-refractivity contribution in [3.8, 4) is 0 Å². The molecular weight excluding hydrogens is 230 g/mol. The normalized spacial score (nSPS) is 12.8. The first-order chi connectivity index (χ1) is 8.34. The zero-order valence-corrected chi connectivity index (χ0v) is 10.3. The highest BCUT2D eigenvalue weighted by Gasteiger charge is 2.08. The standard InChI is InChI=1S/C13H13N3S/c1-9(11-5-6-17-8-11)15-12-4-2-3-10-7-14-16-13(10)12/h2-9,15H,1H3,(H,14,16). The van der Waals surface area contributed by atoms with Gasteiger partial charge in [0.25, 0.3) is 0 Å². The zero-order valence-electron chi connectivity index (χ0n) is 9.47. The van der Waals surface area contributed by atoms with Crippen LogP contribution in [0, 0.1) is 0 Å². The highest BCUT2D eigenvalue weighted by molar-refractivity contribution is 7.07. The van der Waals surface area contributed by atoms with Gasteiger partial charge < -0.3 is 5.32 Å². The van der Waals surface area contributed by atoms with Gasteiger partial charge >= 0.3 is 0 Å². The molecule has 0 radical (unpaired) electrons. The number of fused-ring (bicyclic) bond motifs is 1. The molecule has 1 aromatic carbocycles. The number of hydrogen-bond donors (Lipinski definition) is 2. The van der Waals surface area contributed by atoms with Crippen LogP contribution in [0.2, 0.25) is 0 Å². The van der Waals surface area contributed by atoms with Crippen molar-refractivity contribution in [2.24, 2.45) is 0 Å². The van der Waals surface area contributed by atoms with E-state index in [2.05, 4.69) is 51.4 Å². The summed E-state index contributed by atoms with van der Waals surface area (Å²) in [6, 6.07) is 8.62. The van der Waals surface area contributed by atoms with Crippen LogP contribution in [0.1, 0.15) is 18.5 Å². The number of thiophene rings is 1. The molecule has 0 amide bonds. The van der Waals surface area contributed by atoms with E-state index in [0.29, 0.717) is 6.04 Å². The highest BCUT2D eigenvalue weighted by Crippen LogP contribution is 2.26. The smallest absolute Gasteiger partial charge is 0.0881 e. The third-order valence-corrected chi connectivity index (χ3v) is 3.59. The van der Waals surface area contributed by atoms with E-state index in [1.807, 2.05) is 12.3 Å². The van der Waals surface area contributed by atoms with Crippen LogP contribution in [-0.2, 0) is 0 Å². The first-order valence-electron chi connectivity index (χ1n) is 5.55. The van der Waals surface area contributed by atoms with Crippen molar-refractivity contribution >= 4 is 27.9 Å². The number of nitrogens with zero attached hydrogens (tertiary/aromatic N) is 1. The minimum atomic E-state index is 0.301. The summed E-state index contributed by atoms with van der Waals surface area (Å²) in [5.41, 5.74) is 3.47. The third kappa shape index (κ3) is 1.91. The Morgan fingerprint density at radius 3 is 3.12 bits per heavy atom. The Balaban J connectivity index is 1.92. The average molecular weight is 243 g/mol. The molecule has 0 saturated heterocycles. The van der Waals surface area contributed by atoms with Gasteiger partial charge in [0.2, 0.25) is 0 Å². The van der Waals surface area contributed by atoms with Crippen molar-refractivity contribution in [1.82, 2.24) is 10.2 Å². The molecule has 0 saturated carbocycles. The van der Waals surface area contributed by atoms with Crippen LogP contribution >= 0.6 is 11.3 Å². The van der Waals surface area contributed by atoms with Crippen molar-refractivity contribution in [2.75, 3.05) is 5.32 Å². The fourth-order valence-electron chi connectivity index (χ4n) is 1.93. The van der Waals surface area contributed by atoms with Crippen LogP contribution in [0.3, 0.4) is 0 Å². The van der Waals surface area contributed by atoms with Crippen molar-refractivity contribution in [2.45, 2.75) is 13.0 Å². The van der Waals surface area contributed by atoms with Crippen LogP contribution in [0.15, 0.2) is 41.2 Å². The number of nitrogens with one attached hydrogen (secondary N) is 2. The topological polar surface area (TPSA) is 40.7 Å².